The third-order valence-corrected chi connectivity index (χ3v) is 3.64. The van der Waals surface area contributed by atoms with E-state index < -0.39 is 0 Å². The zero-order chi connectivity index (χ0) is 14.8. The van der Waals surface area contributed by atoms with Crippen molar-refractivity contribution in [1.29, 1.82) is 0 Å². The second-order valence-corrected chi connectivity index (χ2v) is 5.11. The number of imidazole rings is 1. The lowest BCUT2D eigenvalue weighted by Crippen LogP contribution is -2.05. The van der Waals surface area contributed by atoms with Crippen LogP contribution in [0.4, 0.5) is 0 Å². The minimum absolute atomic E-state index is 0.0805. The second-order valence-electron chi connectivity index (χ2n) is 5.11. The molecule has 4 nitrogen and oxygen atoms in total. The van der Waals surface area contributed by atoms with E-state index in [1.54, 1.807) is 7.11 Å². The maximum Gasteiger partial charge on any atom is 0.136 e. The molecule has 0 aliphatic rings. The van der Waals surface area contributed by atoms with Crippen LogP contribution in [0.3, 0.4) is 0 Å². The molecule has 4 heteroatoms. The van der Waals surface area contributed by atoms with E-state index in [1.807, 2.05) is 22.8 Å². The van der Waals surface area contributed by atoms with Gasteiger partial charge in [0.15, 0.2) is 0 Å². The Labute approximate surface area is 123 Å². The lowest BCUT2D eigenvalue weighted by molar-refractivity contribution is 0.267. The van der Waals surface area contributed by atoms with E-state index >= 15 is 0 Å². The molecule has 1 aromatic heterocycles. The molecular weight excluding hydrogens is 264 g/mol. The maximum atomic E-state index is 9.55. The Hall–Kier alpha value is -2.33. The van der Waals surface area contributed by atoms with Crippen LogP contribution in [0, 0.1) is 6.92 Å². The number of benzene rings is 2. The predicted octanol–water partition coefficient (Wildman–Crippen LogP) is 2.89. The van der Waals surface area contributed by atoms with Gasteiger partial charge in [-0.2, -0.15) is 0 Å². The normalized spacial score (nSPS) is 11.0. The van der Waals surface area contributed by atoms with Crippen molar-refractivity contribution >= 4 is 11.0 Å². The number of ether oxygens (including phenoxy) is 1. The van der Waals surface area contributed by atoms with Gasteiger partial charge in [0.05, 0.1) is 18.1 Å². The van der Waals surface area contributed by atoms with Crippen molar-refractivity contribution < 1.29 is 9.84 Å². The molecule has 0 bridgehead atoms. The molecule has 3 rings (SSSR count). The van der Waals surface area contributed by atoms with Crippen molar-refractivity contribution in [1.82, 2.24) is 9.55 Å². The van der Waals surface area contributed by atoms with Crippen LogP contribution in [-0.4, -0.2) is 21.8 Å². The van der Waals surface area contributed by atoms with Gasteiger partial charge in [-0.15, -0.1) is 0 Å². The third-order valence-electron chi connectivity index (χ3n) is 3.64. The molecule has 0 fully saturated rings. The third kappa shape index (κ3) is 2.62. The molecule has 0 unspecified atom stereocenters. The largest absolute Gasteiger partial charge is 0.497 e. The fraction of sp³-hybridized carbons (Fsp3) is 0.235. The quantitative estimate of drug-likeness (QED) is 0.800. The molecule has 0 spiro atoms. The summed E-state index contributed by atoms with van der Waals surface area (Å²) in [7, 11) is 1.64. The molecule has 108 valence electrons. The molecule has 0 aliphatic carbocycles. The van der Waals surface area contributed by atoms with Gasteiger partial charge in [0.25, 0.3) is 0 Å². The zero-order valence-corrected chi connectivity index (χ0v) is 12.2. The lowest BCUT2D eigenvalue weighted by Gasteiger charge is -2.08. The van der Waals surface area contributed by atoms with Crippen molar-refractivity contribution in [3.63, 3.8) is 0 Å². The van der Waals surface area contributed by atoms with E-state index in [0.29, 0.717) is 12.4 Å². The lowest BCUT2D eigenvalue weighted by atomic mass is 10.1. The number of nitrogens with zero attached hydrogens (tertiary/aromatic N) is 2. The van der Waals surface area contributed by atoms with Gasteiger partial charge in [0.2, 0.25) is 0 Å². The van der Waals surface area contributed by atoms with E-state index in [9.17, 15) is 5.11 Å². The Morgan fingerprint density at radius 3 is 2.57 bits per heavy atom. The Balaban J connectivity index is 2.05. The van der Waals surface area contributed by atoms with Crippen molar-refractivity contribution in [2.24, 2.45) is 0 Å². The zero-order valence-electron chi connectivity index (χ0n) is 12.2. The average molecular weight is 282 g/mol. The molecule has 2 aromatic carbocycles. The molecule has 0 amide bonds. The van der Waals surface area contributed by atoms with E-state index in [1.165, 1.54) is 11.1 Å². The Bertz CT molecular complexity index is 760. The fourth-order valence-electron chi connectivity index (χ4n) is 2.46. The Morgan fingerprint density at radius 1 is 1.14 bits per heavy atom. The SMILES string of the molecule is COc1ccc2c(c1)nc(CO)n2Cc1ccc(C)cc1. The van der Waals surface area contributed by atoms with Gasteiger partial charge in [-0.25, -0.2) is 4.98 Å². The second kappa shape index (κ2) is 5.58. The summed E-state index contributed by atoms with van der Waals surface area (Å²) in [6.07, 6.45) is 0. The van der Waals surface area contributed by atoms with Gasteiger partial charge in [-0.1, -0.05) is 29.8 Å². The fourth-order valence-corrected chi connectivity index (χ4v) is 2.46. The van der Waals surface area contributed by atoms with Crippen molar-refractivity contribution in [2.45, 2.75) is 20.1 Å². The first-order valence-corrected chi connectivity index (χ1v) is 6.91. The van der Waals surface area contributed by atoms with Gasteiger partial charge in [-0.3, -0.25) is 0 Å². The Morgan fingerprint density at radius 2 is 1.90 bits per heavy atom. The van der Waals surface area contributed by atoms with E-state index in [4.69, 9.17) is 4.74 Å². The standard InChI is InChI=1S/C17H18N2O2/c1-12-3-5-13(6-4-12)10-19-16-8-7-14(21-2)9-15(16)18-17(19)11-20/h3-9,20H,10-11H2,1-2H3. The molecular formula is C17H18N2O2. The topological polar surface area (TPSA) is 47.3 Å². The molecule has 0 saturated heterocycles. The highest BCUT2D eigenvalue weighted by molar-refractivity contribution is 5.78. The van der Waals surface area contributed by atoms with E-state index in [-0.39, 0.29) is 6.61 Å². The van der Waals surface area contributed by atoms with Crippen LogP contribution in [-0.2, 0) is 13.2 Å². The van der Waals surface area contributed by atoms with E-state index in [0.717, 1.165) is 16.8 Å². The van der Waals surface area contributed by atoms with Crippen molar-refractivity contribution in [3.8, 4) is 5.75 Å². The predicted molar refractivity (Wildman–Crippen MR) is 82.5 cm³/mol. The molecule has 0 atom stereocenters. The van der Waals surface area contributed by atoms with Gasteiger partial charge in [0.1, 0.15) is 18.2 Å². The maximum absolute atomic E-state index is 9.55. The average Bonchev–Trinajstić information content (AvgIpc) is 2.86. The summed E-state index contributed by atoms with van der Waals surface area (Å²) in [5, 5.41) is 9.55. The number of fused-ring (bicyclic) bond motifs is 1. The highest BCUT2D eigenvalue weighted by Gasteiger charge is 2.11. The first-order chi connectivity index (χ1) is 10.2. The van der Waals surface area contributed by atoms with Crippen LogP contribution >= 0.6 is 0 Å². The summed E-state index contributed by atoms with van der Waals surface area (Å²) in [4.78, 5) is 4.49. The van der Waals surface area contributed by atoms with Crippen LogP contribution in [0.2, 0.25) is 0 Å². The van der Waals surface area contributed by atoms with Crippen LogP contribution in [0.15, 0.2) is 42.5 Å². The monoisotopic (exact) mass is 282 g/mol. The van der Waals surface area contributed by atoms with Gasteiger partial charge >= 0.3 is 0 Å². The summed E-state index contributed by atoms with van der Waals surface area (Å²) in [5.41, 5.74) is 4.26. The summed E-state index contributed by atoms with van der Waals surface area (Å²) in [6, 6.07) is 14.2. The number of hydrogen-bond donors (Lipinski definition) is 1. The van der Waals surface area contributed by atoms with E-state index in [2.05, 4.69) is 36.2 Å². The molecule has 0 aliphatic heterocycles. The number of methoxy groups -OCH3 is 1. The number of hydrogen-bond acceptors (Lipinski definition) is 3. The molecule has 1 heterocycles. The molecule has 1 N–H and O–H groups in total. The first-order valence-electron chi connectivity index (χ1n) is 6.91. The first kappa shape index (κ1) is 13.6. The molecule has 0 saturated carbocycles. The van der Waals surface area contributed by atoms with Crippen molar-refractivity contribution in [3.05, 3.63) is 59.4 Å². The molecule has 21 heavy (non-hydrogen) atoms. The summed E-state index contributed by atoms with van der Waals surface area (Å²) in [6.45, 7) is 2.68. The minimum Gasteiger partial charge on any atom is -0.497 e. The molecule has 3 aromatic rings. The minimum atomic E-state index is -0.0805. The van der Waals surface area contributed by atoms with Gasteiger partial charge < -0.3 is 14.4 Å². The number of aliphatic hydroxyl groups is 1. The number of rotatable bonds is 4. The van der Waals surface area contributed by atoms with Crippen molar-refractivity contribution in [2.75, 3.05) is 7.11 Å². The highest BCUT2D eigenvalue weighted by Crippen LogP contribution is 2.23. The number of aliphatic hydroxyl groups excluding tert-OH is 1. The summed E-state index contributed by atoms with van der Waals surface area (Å²) in [5.74, 6) is 1.44. The highest BCUT2D eigenvalue weighted by atomic mass is 16.5. The van der Waals surface area contributed by atoms with Crippen LogP contribution < -0.4 is 4.74 Å². The van der Waals surface area contributed by atoms with Crippen LogP contribution in [0.1, 0.15) is 17.0 Å². The smallest absolute Gasteiger partial charge is 0.136 e. The molecule has 0 radical (unpaired) electrons. The summed E-state index contributed by atoms with van der Waals surface area (Å²) >= 11 is 0. The van der Waals surface area contributed by atoms with Gasteiger partial charge in [-0.05, 0) is 24.6 Å². The van der Waals surface area contributed by atoms with Crippen LogP contribution in [0.25, 0.3) is 11.0 Å². The number of aryl methyl sites for hydroxylation is 1. The van der Waals surface area contributed by atoms with Crippen LogP contribution in [0.5, 0.6) is 5.75 Å². The Kier molecular flexibility index (Phi) is 3.62. The van der Waals surface area contributed by atoms with Gasteiger partial charge in [0, 0.05) is 12.6 Å². The summed E-state index contributed by atoms with van der Waals surface area (Å²) < 4.78 is 7.27. The number of aromatic nitrogens is 2.